The first-order chi connectivity index (χ1) is 35.8. The monoisotopic (exact) mass is 1070 g/mol. The molecule has 0 saturated carbocycles. The van der Waals surface area contributed by atoms with Gasteiger partial charge in [0.15, 0.2) is 0 Å². The number of nitrogens with two attached hydrogens (primary N) is 1. The van der Waals surface area contributed by atoms with Gasteiger partial charge in [-0.1, -0.05) is 35.5 Å². The van der Waals surface area contributed by atoms with Crippen molar-refractivity contribution in [2.75, 3.05) is 86.6 Å². The molecule has 390 valence electrons. The van der Waals surface area contributed by atoms with Gasteiger partial charge >= 0.3 is 0 Å². The molecule has 5 N–H and O–H groups in total. The van der Waals surface area contributed by atoms with E-state index in [2.05, 4.69) is 60.2 Å². The molecule has 3 unspecified atom stereocenters. The minimum absolute atomic E-state index is 0.0448. The maximum absolute atomic E-state index is 13.2. The molecule has 6 aromatic rings. The Bertz CT molecular complexity index is 3140. The predicted octanol–water partition coefficient (Wildman–Crippen LogP) is 5.21. The highest BCUT2D eigenvalue weighted by molar-refractivity contribution is 7.65. The number of rotatable bonds is 15. The van der Waals surface area contributed by atoms with Gasteiger partial charge in [-0.05, 0) is 122 Å². The molecule has 1 fully saturated rings. The van der Waals surface area contributed by atoms with Gasteiger partial charge in [-0.25, -0.2) is 15.0 Å². The van der Waals surface area contributed by atoms with Crippen LogP contribution in [-0.2, 0) is 33.3 Å². The summed E-state index contributed by atoms with van der Waals surface area (Å²) in [5.41, 5.74) is 11.2. The van der Waals surface area contributed by atoms with Crippen molar-refractivity contribution in [1.82, 2.24) is 29.7 Å². The third-order valence-electron chi connectivity index (χ3n) is 11.9. The fourth-order valence-corrected chi connectivity index (χ4v) is 9.93. The number of hydrogen-bond acceptors (Lipinski definition) is 13. The Hall–Kier alpha value is -6.40. The van der Waals surface area contributed by atoms with Gasteiger partial charge in [0.25, 0.3) is 0 Å². The van der Waals surface area contributed by atoms with E-state index in [4.69, 9.17) is 24.9 Å². The third-order valence-corrected chi connectivity index (χ3v) is 15.2. The summed E-state index contributed by atoms with van der Waals surface area (Å²) in [6, 6.07) is 32.2. The van der Waals surface area contributed by atoms with E-state index in [1.807, 2.05) is 91.0 Å². The Morgan fingerprint density at radius 2 is 0.747 bits per heavy atom. The van der Waals surface area contributed by atoms with Crippen molar-refractivity contribution in [1.29, 1.82) is 0 Å². The highest BCUT2D eigenvalue weighted by atomic mass is 31.2. The second-order valence-corrected chi connectivity index (χ2v) is 25.0. The van der Waals surface area contributed by atoms with Crippen LogP contribution in [0, 0.1) is 35.5 Å². The van der Waals surface area contributed by atoms with Crippen LogP contribution < -0.4 is 36.2 Å². The molecular weight excluding hydrogens is 1010 g/mol. The van der Waals surface area contributed by atoms with Crippen molar-refractivity contribution in [3.63, 3.8) is 0 Å². The van der Waals surface area contributed by atoms with Gasteiger partial charge in [-0.3, -0.25) is 28.4 Å². The first-order valence-corrected chi connectivity index (χ1v) is 30.5. The van der Waals surface area contributed by atoms with E-state index in [1.54, 1.807) is 32.4 Å². The molecule has 7 rings (SSSR count). The molecule has 1 saturated heterocycles. The maximum Gasteiger partial charge on any atom is 0.244 e. The maximum atomic E-state index is 13.2. The average molecular weight is 1070 g/mol. The van der Waals surface area contributed by atoms with Gasteiger partial charge < -0.3 is 34.6 Å². The van der Waals surface area contributed by atoms with E-state index in [1.165, 1.54) is 20.0 Å². The number of aromatic nitrogens is 3. The summed E-state index contributed by atoms with van der Waals surface area (Å²) < 4.78 is 55.8. The quantitative estimate of drug-likeness (QED) is 0.0590. The minimum atomic E-state index is -3.81. The van der Waals surface area contributed by atoms with Crippen LogP contribution in [0.25, 0.3) is 0 Å². The molecule has 0 radical (unpaired) electrons. The van der Waals surface area contributed by atoms with Crippen LogP contribution in [0.5, 0.6) is 17.2 Å². The zero-order valence-electron chi connectivity index (χ0n) is 42.8. The molecule has 3 atom stereocenters. The lowest BCUT2D eigenvalue weighted by molar-refractivity contribution is 0.207. The fraction of sp³-hybridized carbons (Fsp3) is 0.304. The average Bonchev–Trinajstić information content (AvgIpc) is 3.47. The Balaban J connectivity index is 1.20. The molecule has 3 aromatic heterocycles. The summed E-state index contributed by atoms with van der Waals surface area (Å²) in [6.07, 6.45) is 0.741. The second kappa shape index (κ2) is 25.9. The first-order valence-electron chi connectivity index (χ1n) is 24.2. The molecule has 16 nitrogen and oxygen atoms in total. The van der Waals surface area contributed by atoms with Gasteiger partial charge in [0, 0.05) is 112 Å². The molecule has 3 aromatic carbocycles. The third kappa shape index (κ3) is 17.6. The smallest absolute Gasteiger partial charge is 0.244 e. The molecular formula is C56H62N7O9P3. The van der Waals surface area contributed by atoms with Crippen molar-refractivity contribution < 1.29 is 42.6 Å². The summed E-state index contributed by atoms with van der Waals surface area (Å²) in [6.45, 7) is 9.03. The number of nitrogens with zero attached hydrogens (tertiary/aromatic N) is 6. The second-order valence-electron chi connectivity index (χ2n) is 18.3. The molecule has 4 heterocycles. The lowest BCUT2D eigenvalue weighted by atomic mass is 10.1. The summed E-state index contributed by atoms with van der Waals surface area (Å²) >= 11 is 0. The first kappa shape index (κ1) is 56.3. The molecule has 0 spiro atoms. The highest BCUT2D eigenvalue weighted by Gasteiger charge is 2.24. The van der Waals surface area contributed by atoms with Crippen LogP contribution in [0.4, 0.5) is 0 Å². The van der Waals surface area contributed by atoms with Gasteiger partial charge in [0.05, 0.1) is 37.9 Å². The minimum Gasteiger partial charge on any atom is -0.497 e. The van der Waals surface area contributed by atoms with Crippen LogP contribution in [0.1, 0.15) is 56.9 Å². The van der Waals surface area contributed by atoms with E-state index in [9.17, 15) is 28.4 Å². The van der Waals surface area contributed by atoms with Crippen LogP contribution >= 0.6 is 22.1 Å². The number of methoxy groups -OCH3 is 2. The molecule has 19 heteroatoms. The number of benzene rings is 3. The van der Waals surface area contributed by atoms with E-state index in [0.29, 0.717) is 123 Å². The van der Waals surface area contributed by atoms with Crippen molar-refractivity contribution >= 4 is 38.4 Å². The molecule has 75 heavy (non-hydrogen) atoms. The molecule has 0 bridgehead atoms. The van der Waals surface area contributed by atoms with Gasteiger partial charge in [-0.2, -0.15) is 0 Å². The standard InChI is InChI=1S/C56H62N7O9P3/c1-70-51-19-13-42(14-20-51)7-10-45-33-48(58-54(36-45)73(3,64)65)39-61-26-27-62(40-49-34-46(37-55(59-49)74(4,66)67)11-8-43-15-21-52(71-2)22-16-43)29-31-63(30-28-61)41-50-35-47(38-56(60-50)75(5,68)69)12-9-44-17-23-53(24-18-44)72-32-6-25-57/h13-24,33-38H,6,25-32,39-41,57H2,1-5H3,(H,64,65)(H,66,67)(H,68,69). The van der Waals surface area contributed by atoms with Crippen LogP contribution in [0.3, 0.4) is 0 Å². The topological polar surface area (TPSA) is 214 Å². The molecule has 0 aliphatic carbocycles. The van der Waals surface area contributed by atoms with Crippen LogP contribution in [0.2, 0.25) is 0 Å². The molecule has 1 aliphatic heterocycles. The van der Waals surface area contributed by atoms with Crippen LogP contribution in [-0.4, -0.2) is 131 Å². The van der Waals surface area contributed by atoms with Crippen LogP contribution in [0.15, 0.2) is 109 Å². The fourth-order valence-electron chi connectivity index (χ4n) is 7.85. The van der Waals surface area contributed by atoms with Crippen molar-refractivity contribution in [2.24, 2.45) is 5.73 Å². The summed E-state index contributed by atoms with van der Waals surface area (Å²) in [5.74, 6) is 21.1. The van der Waals surface area contributed by atoms with E-state index < -0.39 is 22.1 Å². The van der Waals surface area contributed by atoms with E-state index in [-0.39, 0.29) is 16.3 Å². The lowest BCUT2D eigenvalue weighted by Crippen LogP contribution is -2.36. The Morgan fingerprint density at radius 1 is 0.467 bits per heavy atom. The Morgan fingerprint density at radius 3 is 1.01 bits per heavy atom. The number of pyridine rings is 3. The van der Waals surface area contributed by atoms with Crippen molar-refractivity contribution in [3.8, 4) is 52.8 Å². The summed E-state index contributed by atoms with van der Waals surface area (Å²) in [4.78, 5) is 53.1. The van der Waals surface area contributed by atoms with Crippen molar-refractivity contribution in [2.45, 2.75) is 26.1 Å². The van der Waals surface area contributed by atoms with Gasteiger partial charge in [0.2, 0.25) is 22.1 Å². The lowest BCUT2D eigenvalue weighted by Gasteiger charge is -2.26. The normalized spacial score (nSPS) is 15.8. The number of hydrogen-bond donors (Lipinski definition) is 4. The number of ether oxygens (including phenoxy) is 3. The van der Waals surface area contributed by atoms with Gasteiger partial charge in [-0.15, -0.1) is 0 Å². The molecule has 1 aliphatic rings. The SMILES string of the molecule is COc1ccc(C#Cc2cc(CN3CCN(Cc4cc(C#Cc5ccc(OC)cc5)cc(P(C)(=O)O)n4)CCN(Cc4cc(C#Cc5ccc(OCCCN)cc5)cc(P(C)(=O)O)n4)CC3)nc(P(C)(=O)O)c2)cc1. The predicted molar refractivity (Wildman–Crippen MR) is 294 cm³/mol. The Labute approximate surface area is 439 Å². The zero-order chi connectivity index (χ0) is 53.6. The van der Waals surface area contributed by atoms with E-state index in [0.717, 1.165) is 23.1 Å². The zero-order valence-corrected chi connectivity index (χ0v) is 45.5. The Kier molecular flexibility index (Phi) is 19.5. The van der Waals surface area contributed by atoms with Gasteiger partial charge in [0.1, 0.15) is 33.6 Å². The van der Waals surface area contributed by atoms with Crippen molar-refractivity contribution in [3.05, 3.63) is 160 Å². The highest BCUT2D eigenvalue weighted by Crippen LogP contribution is 2.35. The largest absolute Gasteiger partial charge is 0.497 e. The van der Waals surface area contributed by atoms with E-state index >= 15 is 0 Å². The summed E-state index contributed by atoms with van der Waals surface area (Å²) in [5, 5.41) is 0. The summed E-state index contributed by atoms with van der Waals surface area (Å²) in [7, 11) is -8.23. The molecule has 0 amide bonds.